The van der Waals surface area contributed by atoms with Gasteiger partial charge in [-0.25, -0.2) is 4.79 Å². The molecule has 0 N–H and O–H groups in total. The van der Waals surface area contributed by atoms with Crippen LogP contribution in [-0.2, 0) is 4.74 Å². The van der Waals surface area contributed by atoms with Crippen molar-refractivity contribution >= 4 is 40.2 Å². The quantitative estimate of drug-likeness (QED) is 0.590. The molecule has 0 amide bonds. The molecule has 1 rings (SSSR count). The molecule has 0 aliphatic rings. The van der Waals surface area contributed by atoms with Gasteiger partial charge >= 0.3 is 5.97 Å². The average molecular weight is 322 g/mol. The summed E-state index contributed by atoms with van der Waals surface area (Å²) in [5.41, 5.74) is 0.515. The van der Waals surface area contributed by atoms with Gasteiger partial charge in [0, 0.05) is 3.57 Å². The van der Waals surface area contributed by atoms with E-state index in [1.165, 1.54) is 13.2 Å². The molecule has 1 aromatic carbocycles. The van der Waals surface area contributed by atoms with E-state index in [0.29, 0.717) is 9.13 Å². The molecule has 0 radical (unpaired) electrons. The second-order valence-electron chi connectivity index (χ2n) is 2.39. The smallest absolute Gasteiger partial charge is 0.339 e. The minimum absolute atomic E-state index is 0.145. The van der Waals surface area contributed by atoms with Crippen LogP contribution in [0.4, 0.5) is 0 Å². The fraction of sp³-hybridized carbons (Fsp3) is 0.111. The van der Waals surface area contributed by atoms with Gasteiger partial charge in [-0.05, 0) is 34.7 Å². The van der Waals surface area contributed by atoms with E-state index in [9.17, 15) is 4.79 Å². The monoisotopic (exact) mass is 321 g/mol. The van der Waals surface area contributed by atoms with Crippen LogP contribution >= 0.6 is 34.2 Å². The van der Waals surface area contributed by atoms with Gasteiger partial charge in [-0.1, -0.05) is 11.6 Å². The zero-order valence-corrected chi connectivity index (χ0v) is 10.1. The molecule has 0 atom stereocenters. The minimum atomic E-state index is -0.539. The molecule has 1 aromatic rings. The number of hydrogen-bond acceptors (Lipinski definition) is 3. The fourth-order valence-corrected chi connectivity index (χ4v) is 1.94. The van der Waals surface area contributed by atoms with E-state index in [0.717, 1.165) is 0 Å². The van der Waals surface area contributed by atoms with Crippen molar-refractivity contribution in [3.05, 3.63) is 31.9 Å². The van der Waals surface area contributed by atoms with Gasteiger partial charge in [0.2, 0.25) is 0 Å². The molecule has 0 unspecified atom stereocenters. The third-order valence-electron chi connectivity index (χ3n) is 1.61. The van der Waals surface area contributed by atoms with Crippen LogP contribution in [0, 0.1) is 14.9 Å². The number of halogens is 2. The van der Waals surface area contributed by atoms with Crippen molar-refractivity contribution in [2.75, 3.05) is 7.11 Å². The molecule has 0 heterocycles. The summed E-state index contributed by atoms with van der Waals surface area (Å²) in [4.78, 5) is 11.2. The number of carbonyl (C=O) groups is 1. The van der Waals surface area contributed by atoms with Crippen LogP contribution in [0.15, 0.2) is 12.1 Å². The van der Waals surface area contributed by atoms with Crippen molar-refractivity contribution < 1.29 is 9.53 Å². The number of nitriles is 1. The van der Waals surface area contributed by atoms with Gasteiger partial charge in [0.15, 0.2) is 0 Å². The number of hydrogen-bond donors (Lipinski definition) is 0. The second kappa shape index (κ2) is 4.62. The van der Waals surface area contributed by atoms with Crippen LogP contribution in [0.5, 0.6) is 0 Å². The van der Waals surface area contributed by atoms with Gasteiger partial charge in [-0.2, -0.15) is 5.26 Å². The SMILES string of the molecule is COC(=O)c1ccc(I)c(C#N)c1Cl. The molecule has 0 aliphatic heterocycles. The number of rotatable bonds is 1. The van der Waals surface area contributed by atoms with E-state index < -0.39 is 5.97 Å². The first kappa shape index (κ1) is 11.3. The molecule has 0 saturated heterocycles. The Morgan fingerprint density at radius 2 is 2.29 bits per heavy atom. The van der Waals surface area contributed by atoms with Crippen molar-refractivity contribution in [1.82, 2.24) is 0 Å². The van der Waals surface area contributed by atoms with Crippen LogP contribution in [-0.4, -0.2) is 13.1 Å². The molecular weight excluding hydrogens is 316 g/mol. The summed E-state index contributed by atoms with van der Waals surface area (Å²) in [5, 5.41) is 8.93. The summed E-state index contributed by atoms with van der Waals surface area (Å²) < 4.78 is 5.23. The van der Waals surface area contributed by atoms with Gasteiger partial charge in [0.1, 0.15) is 6.07 Å². The maximum absolute atomic E-state index is 11.2. The van der Waals surface area contributed by atoms with Crippen molar-refractivity contribution in [2.45, 2.75) is 0 Å². The predicted octanol–water partition coefficient (Wildman–Crippen LogP) is 2.60. The lowest BCUT2D eigenvalue weighted by atomic mass is 10.1. The second-order valence-corrected chi connectivity index (χ2v) is 3.93. The molecule has 0 fully saturated rings. The molecule has 0 spiro atoms. The highest BCUT2D eigenvalue weighted by Gasteiger charge is 2.15. The van der Waals surface area contributed by atoms with Crippen molar-refractivity contribution in [3.8, 4) is 6.07 Å². The standard InChI is InChI=1S/C9H5ClINO2/c1-14-9(13)5-2-3-7(11)6(4-12)8(5)10/h2-3H,1H3. The van der Waals surface area contributed by atoms with E-state index in [-0.39, 0.29) is 10.6 Å². The highest BCUT2D eigenvalue weighted by atomic mass is 127. The summed E-state index contributed by atoms with van der Waals surface area (Å²) in [6, 6.07) is 5.12. The number of ether oxygens (including phenoxy) is 1. The first-order chi connectivity index (χ1) is 6.61. The number of nitrogens with zero attached hydrogens (tertiary/aromatic N) is 1. The first-order valence-electron chi connectivity index (χ1n) is 3.58. The predicted molar refractivity (Wildman–Crippen MR) is 60.2 cm³/mol. The molecular formula is C9H5ClINO2. The number of benzene rings is 1. The Bertz CT molecular complexity index is 426. The molecule has 3 nitrogen and oxygen atoms in total. The van der Waals surface area contributed by atoms with Crippen LogP contribution < -0.4 is 0 Å². The van der Waals surface area contributed by atoms with Crippen molar-refractivity contribution in [3.63, 3.8) is 0 Å². The molecule has 5 heteroatoms. The Hall–Kier alpha value is -0.800. The van der Waals surface area contributed by atoms with Crippen LogP contribution in [0.3, 0.4) is 0 Å². The van der Waals surface area contributed by atoms with E-state index in [1.54, 1.807) is 6.07 Å². The van der Waals surface area contributed by atoms with Gasteiger partial charge in [-0.3, -0.25) is 0 Å². The molecule has 72 valence electrons. The van der Waals surface area contributed by atoms with Gasteiger partial charge in [0.25, 0.3) is 0 Å². The third-order valence-corrected chi connectivity index (χ3v) is 2.90. The molecule has 0 aromatic heterocycles. The Balaban J connectivity index is 3.37. The molecule has 0 bridgehead atoms. The van der Waals surface area contributed by atoms with Crippen molar-refractivity contribution in [2.24, 2.45) is 0 Å². The highest BCUT2D eigenvalue weighted by molar-refractivity contribution is 14.1. The topological polar surface area (TPSA) is 50.1 Å². The van der Waals surface area contributed by atoms with Crippen LogP contribution in [0.25, 0.3) is 0 Å². The number of esters is 1. The van der Waals surface area contributed by atoms with E-state index in [1.807, 2.05) is 28.7 Å². The Morgan fingerprint density at radius 1 is 1.64 bits per heavy atom. The maximum Gasteiger partial charge on any atom is 0.339 e. The Kier molecular flexibility index (Phi) is 3.72. The van der Waals surface area contributed by atoms with Crippen molar-refractivity contribution in [1.29, 1.82) is 5.26 Å². The Labute approximate surface area is 99.8 Å². The minimum Gasteiger partial charge on any atom is -0.465 e. The molecule has 0 aliphatic carbocycles. The average Bonchev–Trinajstić information content (AvgIpc) is 2.18. The lowest BCUT2D eigenvalue weighted by molar-refractivity contribution is 0.0601. The van der Waals surface area contributed by atoms with E-state index >= 15 is 0 Å². The van der Waals surface area contributed by atoms with Crippen LogP contribution in [0.1, 0.15) is 15.9 Å². The highest BCUT2D eigenvalue weighted by Crippen LogP contribution is 2.25. The summed E-state index contributed by atoms with van der Waals surface area (Å²) in [6.07, 6.45) is 0. The summed E-state index contributed by atoms with van der Waals surface area (Å²) >= 11 is 7.84. The summed E-state index contributed by atoms with van der Waals surface area (Å²) in [6.45, 7) is 0. The van der Waals surface area contributed by atoms with Crippen LogP contribution in [0.2, 0.25) is 5.02 Å². The zero-order chi connectivity index (χ0) is 10.7. The molecule has 14 heavy (non-hydrogen) atoms. The number of methoxy groups -OCH3 is 1. The third kappa shape index (κ3) is 1.99. The summed E-state index contributed by atoms with van der Waals surface area (Å²) in [5.74, 6) is -0.539. The first-order valence-corrected chi connectivity index (χ1v) is 5.04. The van der Waals surface area contributed by atoms with E-state index in [2.05, 4.69) is 4.74 Å². The van der Waals surface area contributed by atoms with E-state index in [4.69, 9.17) is 16.9 Å². The lowest BCUT2D eigenvalue weighted by Crippen LogP contribution is -2.03. The maximum atomic E-state index is 11.2. The molecule has 0 saturated carbocycles. The van der Waals surface area contributed by atoms with Gasteiger partial charge < -0.3 is 4.74 Å². The van der Waals surface area contributed by atoms with Gasteiger partial charge in [-0.15, -0.1) is 0 Å². The fourth-order valence-electron chi connectivity index (χ4n) is 0.923. The number of carbonyl (C=O) groups excluding carboxylic acids is 1. The van der Waals surface area contributed by atoms with Gasteiger partial charge in [0.05, 0.1) is 23.3 Å². The largest absolute Gasteiger partial charge is 0.465 e. The zero-order valence-electron chi connectivity index (χ0n) is 7.17. The normalized spacial score (nSPS) is 9.29. The summed E-state index contributed by atoms with van der Waals surface area (Å²) in [7, 11) is 1.27. The lowest BCUT2D eigenvalue weighted by Gasteiger charge is -2.04. The Morgan fingerprint density at radius 3 is 2.79 bits per heavy atom.